The highest BCUT2D eigenvalue weighted by Gasteiger charge is 2.51. The zero-order valence-electron chi connectivity index (χ0n) is 15.2. The summed E-state index contributed by atoms with van der Waals surface area (Å²) in [4.78, 5) is 20.2. The molecule has 1 amide bonds. The van der Waals surface area contributed by atoms with Crippen LogP contribution in [-0.4, -0.2) is 30.0 Å². The lowest BCUT2D eigenvalue weighted by molar-refractivity contribution is -0.124. The van der Waals surface area contributed by atoms with Gasteiger partial charge in [-0.05, 0) is 43.4 Å². The van der Waals surface area contributed by atoms with Crippen molar-refractivity contribution in [1.82, 2.24) is 10.3 Å². The molecule has 2 aromatic carbocycles. The van der Waals surface area contributed by atoms with Crippen molar-refractivity contribution >= 4 is 32.6 Å². The molecule has 2 fully saturated rings. The average molecular weight is 378 g/mol. The van der Waals surface area contributed by atoms with E-state index in [4.69, 9.17) is 4.98 Å². The molecule has 0 bridgehead atoms. The lowest BCUT2D eigenvalue weighted by Crippen LogP contribution is -2.50. The second kappa shape index (κ2) is 6.64. The summed E-state index contributed by atoms with van der Waals surface area (Å²) in [5.41, 5.74) is 1.92. The first kappa shape index (κ1) is 16.8. The van der Waals surface area contributed by atoms with Crippen LogP contribution in [0.4, 0.5) is 5.13 Å². The van der Waals surface area contributed by atoms with Gasteiger partial charge in [-0.1, -0.05) is 53.8 Å². The molecule has 2 heterocycles. The van der Waals surface area contributed by atoms with Gasteiger partial charge in [0.15, 0.2) is 5.13 Å². The zero-order chi connectivity index (χ0) is 18.3. The molecule has 1 aliphatic heterocycles. The van der Waals surface area contributed by atoms with Gasteiger partial charge >= 0.3 is 0 Å². The molecule has 4 nitrogen and oxygen atoms in total. The summed E-state index contributed by atoms with van der Waals surface area (Å²) >= 11 is 1.74. The number of hydrogen-bond donors (Lipinski definition) is 1. The SMILES string of the molecule is O=C(N[C@H]1CCCN(c2nc3ccccc3s2)C1)C1(c2ccccc2)CC1. The van der Waals surface area contributed by atoms with Crippen LogP contribution in [0.2, 0.25) is 0 Å². The van der Waals surface area contributed by atoms with E-state index in [1.54, 1.807) is 11.3 Å². The Kier molecular flexibility index (Phi) is 4.12. The van der Waals surface area contributed by atoms with Crippen molar-refractivity contribution in [2.24, 2.45) is 0 Å². The molecule has 1 saturated heterocycles. The van der Waals surface area contributed by atoms with Gasteiger partial charge in [-0.15, -0.1) is 0 Å². The normalized spacial score (nSPS) is 21.2. The molecule has 1 aromatic heterocycles. The Hall–Kier alpha value is -2.40. The number of piperidine rings is 1. The van der Waals surface area contributed by atoms with Crippen LogP contribution in [0.15, 0.2) is 54.6 Å². The number of amides is 1. The molecule has 5 heteroatoms. The second-order valence-electron chi connectivity index (χ2n) is 7.67. The minimum Gasteiger partial charge on any atom is -0.351 e. The Morgan fingerprint density at radius 1 is 1.11 bits per heavy atom. The van der Waals surface area contributed by atoms with Gasteiger partial charge < -0.3 is 10.2 Å². The molecule has 1 aliphatic carbocycles. The van der Waals surface area contributed by atoms with Crippen molar-refractivity contribution in [1.29, 1.82) is 0 Å². The summed E-state index contributed by atoms with van der Waals surface area (Å²) in [6.45, 7) is 1.85. The van der Waals surface area contributed by atoms with E-state index in [9.17, 15) is 4.79 Å². The van der Waals surface area contributed by atoms with Crippen LogP contribution in [0.3, 0.4) is 0 Å². The van der Waals surface area contributed by atoms with E-state index in [0.29, 0.717) is 0 Å². The van der Waals surface area contributed by atoms with E-state index in [1.165, 1.54) is 4.70 Å². The molecule has 0 unspecified atom stereocenters. The van der Waals surface area contributed by atoms with Crippen molar-refractivity contribution in [3.63, 3.8) is 0 Å². The highest BCUT2D eigenvalue weighted by molar-refractivity contribution is 7.22. The monoisotopic (exact) mass is 377 g/mol. The molecule has 3 aromatic rings. The highest BCUT2D eigenvalue weighted by Crippen LogP contribution is 2.48. The lowest BCUT2D eigenvalue weighted by Gasteiger charge is -2.33. The molecule has 138 valence electrons. The van der Waals surface area contributed by atoms with Gasteiger partial charge in [-0.3, -0.25) is 4.79 Å². The van der Waals surface area contributed by atoms with Crippen LogP contribution in [0.5, 0.6) is 0 Å². The number of benzene rings is 2. The molecule has 5 rings (SSSR count). The van der Waals surface area contributed by atoms with Crippen LogP contribution in [-0.2, 0) is 10.2 Å². The summed E-state index contributed by atoms with van der Waals surface area (Å²) in [6, 6.07) is 18.7. The minimum absolute atomic E-state index is 0.194. The number of carbonyl (C=O) groups is 1. The Morgan fingerprint density at radius 3 is 2.67 bits per heavy atom. The maximum atomic E-state index is 13.0. The van der Waals surface area contributed by atoms with Crippen molar-refractivity contribution in [3.05, 3.63) is 60.2 Å². The molecule has 27 heavy (non-hydrogen) atoms. The Labute approximate surface area is 163 Å². The Morgan fingerprint density at radius 2 is 1.89 bits per heavy atom. The zero-order valence-corrected chi connectivity index (χ0v) is 16.0. The Bertz CT molecular complexity index is 931. The predicted molar refractivity (Wildman–Crippen MR) is 110 cm³/mol. The standard InChI is InChI=1S/C22H23N3OS/c26-20(22(12-13-22)16-7-2-1-3-8-16)23-17-9-6-14-25(15-17)21-24-18-10-4-5-11-19(18)27-21/h1-5,7-8,10-11,17H,6,9,12-15H2,(H,23,26)/t17-/m0/s1. The third-order valence-electron chi connectivity index (χ3n) is 5.82. The largest absolute Gasteiger partial charge is 0.351 e. The van der Waals surface area contributed by atoms with Crippen molar-refractivity contribution < 1.29 is 4.79 Å². The number of fused-ring (bicyclic) bond motifs is 1. The molecular formula is C22H23N3OS. The van der Waals surface area contributed by atoms with E-state index in [-0.39, 0.29) is 17.4 Å². The van der Waals surface area contributed by atoms with E-state index in [1.807, 2.05) is 24.3 Å². The molecular weight excluding hydrogens is 354 g/mol. The molecule has 0 spiro atoms. The van der Waals surface area contributed by atoms with Crippen LogP contribution in [0.1, 0.15) is 31.2 Å². The van der Waals surface area contributed by atoms with Crippen molar-refractivity contribution in [3.8, 4) is 0 Å². The third kappa shape index (κ3) is 3.10. The number of carbonyl (C=O) groups excluding carboxylic acids is 1. The molecule has 1 N–H and O–H groups in total. The number of nitrogens with one attached hydrogen (secondary N) is 1. The quantitative estimate of drug-likeness (QED) is 0.744. The number of anilines is 1. The number of hydrogen-bond acceptors (Lipinski definition) is 4. The number of nitrogens with zero attached hydrogens (tertiary/aromatic N) is 2. The maximum absolute atomic E-state index is 13.0. The van der Waals surface area contributed by atoms with Crippen LogP contribution >= 0.6 is 11.3 Å². The Balaban J connectivity index is 1.29. The summed E-state index contributed by atoms with van der Waals surface area (Å²) in [7, 11) is 0. The first-order valence-electron chi connectivity index (χ1n) is 9.72. The van der Waals surface area contributed by atoms with Crippen molar-refractivity contribution in [2.45, 2.75) is 37.1 Å². The molecule has 2 aliphatic rings. The summed E-state index contributed by atoms with van der Waals surface area (Å²) in [6.07, 6.45) is 4.03. The van der Waals surface area contributed by atoms with E-state index >= 15 is 0 Å². The summed E-state index contributed by atoms with van der Waals surface area (Å²) in [5.74, 6) is 0.199. The van der Waals surface area contributed by atoms with Crippen LogP contribution < -0.4 is 10.2 Å². The maximum Gasteiger partial charge on any atom is 0.230 e. The highest BCUT2D eigenvalue weighted by atomic mass is 32.1. The van der Waals surface area contributed by atoms with Crippen LogP contribution in [0.25, 0.3) is 10.2 Å². The first-order chi connectivity index (χ1) is 13.2. The minimum atomic E-state index is -0.292. The molecule has 1 saturated carbocycles. The average Bonchev–Trinajstić information content (AvgIpc) is 3.42. The van der Waals surface area contributed by atoms with Gasteiger partial charge in [0.25, 0.3) is 0 Å². The summed E-state index contributed by atoms with van der Waals surface area (Å²) < 4.78 is 1.22. The van der Waals surface area contributed by atoms with Gasteiger partial charge in [-0.2, -0.15) is 0 Å². The molecule has 1 atom stereocenters. The first-order valence-corrected chi connectivity index (χ1v) is 10.5. The van der Waals surface area contributed by atoms with Gasteiger partial charge in [0.05, 0.1) is 15.6 Å². The number of rotatable bonds is 4. The van der Waals surface area contributed by atoms with Gasteiger partial charge in [-0.25, -0.2) is 4.98 Å². The number of aromatic nitrogens is 1. The summed E-state index contributed by atoms with van der Waals surface area (Å²) in [5, 5.41) is 4.42. The fourth-order valence-electron chi connectivity index (χ4n) is 4.12. The second-order valence-corrected chi connectivity index (χ2v) is 8.68. The van der Waals surface area contributed by atoms with E-state index < -0.39 is 0 Å². The fraction of sp³-hybridized carbons (Fsp3) is 0.364. The number of para-hydroxylation sites is 1. The van der Waals surface area contributed by atoms with Crippen molar-refractivity contribution in [2.75, 3.05) is 18.0 Å². The third-order valence-corrected chi connectivity index (χ3v) is 6.92. The predicted octanol–water partition coefficient (Wildman–Crippen LogP) is 4.11. The van der Waals surface area contributed by atoms with E-state index in [0.717, 1.165) is 55.0 Å². The van der Waals surface area contributed by atoms with Crippen LogP contribution in [0, 0.1) is 0 Å². The van der Waals surface area contributed by atoms with Gasteiger partial charge in [0, 0.05) is 19.1 Å². The van der Waals surface area contributed by atoms with E-state index in [2.05, 4.69) is 40.5 Å². The fourth-order valence-corrected chi connectivity index (χ4v) is 5.12. The number of thiazole rings is 1. The smallest absolute Gasteiger partial charge is 0.230 e. The van der Waals surface area contributed by atoms with Gasteiger partial charge in [0.1, 0.15) is 0 Å². The molecule has 0 radical (unpaired) electrons. The van der Waals surface area contributed by atoms with Gasteiger partial charge in [0.2, 0.25) is 5.91 Å². The topological polar surface area (TPSA) is 45.2 Å². The lowest BCUT2D eigenvalue weighted by atomic mass is 9.94.